The van der Waals surface area contributed by atoms with Gasteiger partial charge in [0.05, 0.1) is 39.5 Å². The molecule has 1 atom stereocenters. The summed E-state index contributed by atoms with van der Waals surface area (Å²) in [6.07, 6.45) is -4.65. The van der Waals surface area contributed by atoms with Gasteiger partial charge in [0.15, 0.2) is 0 Å². The van der Waals surface area contributed by atoms with E-state index in [-0.39, 0.29) is 28.0 Å². The van der Waals surface area contributed by atoms with Crippen molar-refractivity contribution in [1.82, 2.24) is 9.29 Å². The summed E-state index contributed by atoms with van der Waals surface area (Å²) < 4.78 is 70.0. The first-order valence-electron chi connectivity index (χ1n) is 13.6. The molecule has 7 rings (SSSR count). The number of alkyl halides is 3. The van der Waals surface area contributed by atoms with Gasteiger partial charge >= 0.3 is 6.18 Å². The van der Waals surface area contributed by atoms with E-state index < -0.39 is 39.2 Å². The molecule has 222 valence electrons. The minimum atomic E-state index is -4.65. The first-order valence-corrected chi connectivity index (χ1v) is 15.0. The van der Waals surface area contributed by atoms with Gasteiger partial charge in [-0.15, -0.1) is 0 Å². The fourth-order valence-electron chi connectivity index (χ4n) is 5.91. The highest BCUT2D eigenvalue weighted by molar-refractivity contribution is 7.90. The molecule has 2 aliphatic rings. The van der Waals surface area contributed by atoms with E-state index >= 15 is 0 Å². The molecule has 0 fully saturated rings. The number of benzene rings is 4. The molecule has 0 aliphatic carbocycles. The summed E-state index contributed by atoms with van der Waals surface area (Å²) in [5.74, 6) is -1.05. The number of hydrogen-bond acceptors (Lipinski definition) is 5. The Morgan fingerprint density at radius 2 is 1.55 bits per heavy atom. The highest BCUT2D eigenvalue weighted by Gasteiger charge is 2.54. The number of carbonyl (C=O) groups is 2. The highest BCUT2D eigenvalue weighted by Crippen LogP contribution is 2.44. The van der Waals surface area contributed by atoms with Gasteiger partial charge in [0.2, 0.25) is 5.66 Å². The van der Waals surface area contributed by atoms with Crippen molar-refractivity contribution in [2.45, 2.75) is 30.2 Å². The molecular formula is C32H23F3N4O4S. The molecule has 8 nitrogen and oxygen atoms in total. The van der Waals surface area contributed by atoms with Crippen LogP contribution in [0.2, 0.25) is 0 Å². The van der Waals surface area contributed by atoms with Crippen molar-refractivity contribution in [1.29, 1.82) is 0 Å². The molecule has 1 unspecified atom stereocenters. The van der Waals surface area contributed by atoms with Crippen LogP contribution in [0, 0.1) is 6.92 Å². The van der Waals surface area contributed by atoms with E-state index in [2.05, 4.69) is 10.6 Å². The largest absolute Gasteiger partial charge is 0.416 e. The van der Waals surface area contributed by atoms with E-state index in [0.29, 0.717) is 22.5 Å². The number of rotatable bonds is 4. The minimum absolute atomic E-state index is 0.0289. The third kappa shape index (κ3) is 4.08. The highest BCUT2D eigenvalue weighted by atomic mass is 32.2. The fourth-order valence-corrected chi connectivity index (χ4v) is 7.44. The van der Waals surface area contributed by atoms with Crippen LogP contribution in [0.25, 0.3) is 10.9 Å². The Morgan fingerprint density at radius 1 is 0.841 bits per heavy atom. The number of aromatic nitrogens is 1. The number of amides is 2. The summed E-state index contributed by atoms with van der Waals surface area (Å²) in [5, 5.41) is 6.02. The van der Waals surface area contributed by atoms with Crippen molar-refractivity contribution in [3.8, 4) is 0 Å². The lowest BCUT2D eigenvalue weighted by Crippen LogP contribution is -2.60. The summed E-state index contributed by atoms with van der Waals surface area (Å²) in [5.41, 5.74) is -0.0627. The molecule has 2 amide bonds. The van der Waals surface area contributed by atoms with E-state index in [1.165, 1.54) is 23.1 Å². The lowest BCUT2D eigenvalue weighted by Gasteiger charge is -2.36. The van der Waals surface area contributed by atoms with Crippen molar-refractivity contribution in [2.24, 2.45) is 0 Å². The molecule has 2 aliphatic heterocycles. The monoisotopic (exact) mass is 616 g/mol. The van der Waals surface area contributed by atoms with Crippen molar-refractivity contribution < 1.29 is 31.2 Å². The van der Waals surface area contributed by atoms with Gasteiger partial charge in [-0.2, -0.15) is 13.2 Å². The summed E-state index contributed by atoms with van der Waals surface area (Å²) >= 11 is 0. The Morgan fingerprint density at radius 3 is 2.30 bits per heavy atom. The van der Waals surface area contributed by atoms with Crippen molar-refractivity contribution in [2.75, 3.05) is 10.2 Å². The quantitative estimate of drug-likeness (QED) is 0.268. The van der Waals surface area contributed by atoms with E-state index in [1.54, 1.807) is 67.6 Å². The lowest BCUT2D eigenvalue weighted by atomic mass is 9.96. The van der Waals surface area contributed by atoms with Gasteiger partial charge in [0.1, 0.15) is 0 Å². The predicted molar refractivity (Wildman–Crippen MR) is 158 cm³/mol. The normalized spacial score (nSPS) is 17.9. The predicted octanol–water partition coefficient (Wildman–Crippen LogP) is 5.76. The topological polar surface area (TPSA) is 101 Å². The maximum absolute atomic E-state index is 14.3. The molecule has 0 bridgehead atoms. The third-order valence-electron chi connectivity index (χ3n) is 8.00. The maximum atomic E-state index is 14.3. The molecule has 1 aromatic heterocycles. The van der Waals surface area contributed by atoms with Gasteiger partial charge in [-0.25, -0.2) is 12.4 Å². The van der Waals surface area contributed by atoms with Crippen LogP contribution in [0.15, 0.2) is 102 Å². The zero-order chi connectivity index (χ0) is 31.0. The van der Waals surface area contributed by atoms with E-state index in [4.69, 9.17) is 0 Å². The Bertz CT molecular complexity index is 2120. The summed E-state index contributed by atoms with van der Waals surface area (Å²) in [6.45, 7) is 1.48. The molecule has 3 heterocycles. The van der Waals surface area contributed by atoms with E-state index in [0.717, 1.165) is 27.7 Å². The average Bonchev–Trinajstić information content (AvgIpc) is 3.46. The number of aryl methyl sites for hydroxylation is 1. The van der Waals surface area contributed by atoms with Gasteiger partial charge in [-0.1, -0.05) is 48.0 Å². The Labute approximate surface area is 249 Å². The Hall–Kier alpha value is -5.10. The number of nitrogens with one attached hydrogen (secondary N) is 2. The van der Waals surface area contributed by atoms with Crippen LogP contribution >= 0.6 is 0 Å². The average molecular weight is 617 g/mol. The van der Waals surface area contributed by atoms with Crippen LogP contribution in [0.1, 0.15) is 32.7 Å². The number of fused-ring (bicyclic) bond motifs is 4. The van der Waals surface area contributed by atoms with Crippen LogP contribution in [-0.2, 0) is 33.2 Å². The zero-order valence-corrected chi connectivity index (χ0v) is 23.8. The standard InChI is InChI=1S/C32H23F3N4O4S/c1-19-10-13-23(14-11-19)44(42,43)39-22(17-20-16-21(32(33,34)35)12-15-27(20)39)18-38-28-9-5-3-7-25(28)31(30(38)41)36-26-8-4-2-6-24(26)29(40)37-31/h2-17,36H,18H2,1H3,(H,37,40). The Balaban J connectivity index is 1.39. The van der Waals surface area contributed by atoms with Crippen molar-refractivity contribution in [3.63, 3.8) is 0 Å². The second-order valence-corrected chi connectivity index (χ2v) is 12.6. The summed E-state index contributed by atoms with van der Waals surface area (Å²) in [4.78, 5) is 28.7. The van der Waals surface area contributed by atoms with E-state index in [1.807, 2.05) is 0 Å². The lowest BCUT2D eigenvalue weighted by molar-refractivity contribution is -0.137. The third-order valence-corrected chi connectivity index (χ3v) is 9.78. The summed E-state index contributed by atoms with van der Waals surface area (Å²) in [7, 11) is -4.32. The Kier molecular flexibility index (Phi) is 5.95. The van der Waals surface area contributed by atoms with Gasteiger partial charge in [-0.05, 0) is 61.5 Å². The zero-order valence-electron chi connectivity index (χ0n) is 23.0. The van der Waals surface area contributed by atoms with Gasteiger partial charge in [0.25, 0.3) is 21.8 Å². The van der Waals surface area contributed by atoms with E-state index in [9.17, 15) is 31.2 Å². The van der Waals surface area contributed by atoms with Crippen molar-refractivity contribution in [3.05, 3.63) is 125 Å². The number of hydrogen-bond donors (Lipinski definition) is 2. The number of halogens is 3. The first-order chi connectivity index (χ1) is 20.9. The number of para-hydroxylation sites is 2. The summed E-state index contributed by atoms with van der Waals surface area (Å²) in [6, 6.07) is 23.8. The second-order valence-electron chi connectivity index (χ2n) is 10.8. The molecule has 44 heavy (non-hydrogen) atoms. The number of nitrogens with zero attached hydrogens (tertiary/aromatic N) is 2. The number of anilines is 2. The van der Waals surface area contributed by atoms with Crippen molar-refractivity contribution >= 4 is 44.1 Å². The molecule has 0 saturated carbocycles. The maximum Gasteiger partial charge on any atom is 0.416 e. The molecular weight excluding hydrogens is 593 g/mol. The van der Waals surface area contributed by atoms with Crippen LogP contribution in [-0.4, -0.2) is 24.2 Å². The molecule has 12 heteroatoms. The molecule has 4 aromatic carbocycles. The van der Waals surface area contributed by atoms with Crippen LogP contribution in [0.4, 0.5) is 24.5 Å². The minimum Gasteiger partial charge on any atom is -0.350 e. The SMILES string of the molecule is Cc1ccc(S(=O)(=O)n2c(CN3C(=O)C4(NC(=O)c5ccccc5N4)c4ccccc43)cc3cc(C(F)(F)F)ccc32)cc1. The molecule has 1 spiro atoms. The molecule has 0 saturated heterocycles. The number of carbonyl (C=O) groups excluding carboxylic acids is 2. The van der Waals surface area contributed by atoms with Crippen LogP contribution < -0.4 is 15.5 Å². The van der Waals surface area contributed by atoms with Gasteiger partial charge in [-0.3, -0.25) is 9.59 Å². The first kappa shape index (κ1) is 27.7. The molecule has 5 aromatic rings. The fraction of sp³-hybridized carbons (Fsp3) is 0.125. The van der Waals surface area contributed by atoms with Gasteiger partial charge < -0.3 is 15.5 Å². The van der Waals surface area contributed by atoms with Gasteiger partial charge in [0, 0.05) is 16.6 Å². The van der Waals surface area contributed by atoms with Crippen LogP contribution in [0.5, 0.6) is 0 Å². The molecule has 2 N–H and O–H groups in total. The second kappa shape index (κ2) is 9.45. The van der Waals surface area contributed by atoms with Crippen LogP contribution in [0.3, 0.4) is 0 Å². The molecule has 0 radical (unpaired) electrons. The smallest absolute Gasteiger partial charge is 0.350 e.